The topological polar surface area (TPSA) is 237 Å². The fourth-order valence-electron chi connectivity index (χ4n) is 11.3. The van der Waals surface area contributed by atoms with Gasteiger partial charge in [-0.15, -0.1) is 0 Å². The summed E-state index contributed by atoms with van der Waals surface area (Å²) < 4.78 is 68.5. The number of ether oxygens (including phenoxy) is 4. The first-order valence-electron chi connectivity index (χ1n) is 38.7. The van der Waals surface area contributed by atoms with E-state index in [4.69, 9.17) is 37.0 Å². The molecule has 0 saturated carbocycles. The Kier molecular flexibility index (Phi) is 63.1. The molecule has 94 heavy (non-hydrogen) atoms. The first kappa shape index (κ1) is 92.1. The molecule has 0 radical (unpaired) electrons. The van der Waals surface area contributed by atoms with Gasteiger partial charge >= 0.3 is 39.5 Å². The van der Waals surface area contributed by atoms with E-state index in [9.17, 15) is 43.2 Å². The molecule has 3 unspecified atom stereocenters. The minimum Gasteiger partial charge on any atom is -0.462 e. The summed E-state index contributed by atoms with van der Waals surface area (Å²) in [7, 11) is -9.91. The molecule has 0 aromatic heterocycles. The van der Waals surface area contributed by atoms with E-state index < -0.39 is 97.5 Å². The standard InChI is InChI=1S/C75H146O17P2/c1-9-68(8)54-46-38-33-34-40-48-56-73(78)86-62-71(92-75(80)58-50-42-32-26-25-29-37-45-53-67(6)7)64-90-94(83,84)88-60-69(76)59-87-93(81,82)89-63-70(61-85-72(77)55-47-39-30-23-20-16-18-22-28-36-44-52-66(4)5)91-74(79)57-49-41-31-24-19-15-13-11-10-12-14-17-21-27-35-43-51-65(2)3/h65-71,76H,9-64H2,1-8H3,(H,81,82)(H,83,84)/t68?,69-,70-,71-/m1/s1. The molecule has 0 aliphatic carbocycles. The van der Waals surface area contributed by atoms with Crippen LogP contribution in [0.2, 0.25) is 0 Å². The van der Waals surface area contributed by atoms with Gasteiger partial charge in [0.1, 0.15) is 19.3 Å². The molecule has 558 valence electrons. The summed E-state index contributed by atoms with van der Waals surface area (Å²) in [5.74, 6) is 0.905. The predicted octanol–water partition coefficient (Wildman–Crippen LogP) is 21.7. The SMILES string of the molecule is CCC(C)CCCCCCCCC(=O)OC[C@H](COP(=O)(O)OC[C@H](O)COP(=O)(O)OC[C@@H](COC(=O)CCCCCCCCCCCCCC(C)C)OC(=O)CCCCCCCCCCCCCCCCCCC(C)C)OC(=O)CCCCCCCCCCC(C)C. The second kappa shape index (κ2) is 64.4. The Bertz CT molecular complexity index is 1850. The van der Waals surface area contributed by atoms with Crippen LogP contribution < -0.4 is 0 Å². The fraction of sp³-hybridized carbons (Fsp3) is 0.947. The van der Waals surface area contributed by atoms with Gasteiger partial charge in [-0.1, -0.05) is 325 Å². The minimum atomic E-state index is -4.96. The molecular weight excluding hydrogens is 1230 g/mol. The number of carbonyl (C=O) groups excluding carboxylic acids is 4. The Hall–Kier alpha value is -1.94. The summed E-state index contributed by atoms with van der Waals surface area (Å²) in [5.41, 5.74) is 0. The van der Waals surface area contributed by atoms with E-state index in [0.717, 1.165) is 120 Å². The van der Waals surface area contributed by atoms with Crippen LogP contribution in [0.25, 0.3) is 0 Å². The van der Waals surface area contributed by atoms with Crippen molar-refractivity contribution in [2.24, 2.45) is 23.7 Å². The van der Waals surface area contributed by atoms with Crippen molar-refractivity contribution < 1.29 is 80.2 Å². The van der Waals surface area contributed by atoms with Crippen LogP contribution >= 0.6 is 15.6 Å². The second-order valence-electron chi connectivity index (χ2n) is 28.7. The van der Waals surface area contributed by atoms with Crippen LogP contribution in [-0.2, 0) is 65.4 Å². The quantitative estimate of drug-likeness (QED) is 0.0222. The Morgan fingerprint density at radius 3 is 0.755 bits per heavy atom. The largest absolute Gasteiger partial charge is 0.472 e. The molecule has 0 aliphatic rings. The lowest BCUT2D eigenvalue weighted by atomic mass is 10.00. The number of carbonyl (C=O) groups is 4. The zero-order chi connectivity index (χ0) is 69.6. The van der Waals surface area contributed by atoms with Gasteiger partial charge in [0.15, 0.2) is 12.2 Å². The number of hydrogen-bond acceptors (Lipinski definition) is 15. The normalized spacial score (nSPS) is 14.4. The highest BCUT2D eigenvalue weighted by molar-refractivity contribution is 7.47. The van der Waals surface area contributed by atoms with E-state index in [0.29, 0.717) is 25.7 Å². The van der Waals surface area contributed by atoms with Gasteiger partial charge in [0.2, 0.25) is 0 Å². The molecule has 0 aliphatic heterocycles. The second-order valence-corrected chi connectivity index (χ2v) is 31.6. The molecule has 17 nitrogen and oxygen atoms in total. The molecule has 0 aromatic carbocycles. The van der Waals surface area contributed by atoms with Crippen molar-refractivity contribution in [3.05, 3.63) is 0 Å². The molecule has 0 saturated heterocycles. The maximum absolute atomic E-state index is 13.1. The molecule has 3 N–H and O–H groups in total. The van der Waals surface area contributed by atoms with Crippen molar-refractivity contribution in [3.63, 3.8) is 0 Å². The summed E-state index contributed by atoms with van der Waals surface area (Å²) in [5, 5.41) is 10.6. The van der Waals surface area contributed by atoms with Crippen LogP contribution in [0.5, 0.6) is 0 Å². The number of esters is 4. The lowest BCUT2D eigenvalue weighted by Gasteiger charge is -2.21. The molecule has 0 rings (SSSR count). The molecule has 0 fully saturated rings. The summed E-state index contributed by atoms with van der Waals surface area (Å²) in [6.45, 7) is 14.1. The van der Waals surface area contributed by atoms with Crippen molar-refractivity contribution in [3.8, 4) is 0 Å². The van der Waals surface area contributed by atoms with Crippen molar-refractivity contribution in [2.75, 3.05) is 39.6 Å². The summed E-state index contributed by atoms with van der Waals surface area (Å²) >= 11 is 0. The maximum Gasteiger partial charge on any atom is 0.472 e. The molecule has 0 bridgehead atoms. The fourth-order valence-corrected chi connectivity index (χ4v) is 12.9. The molecular formula is C75H146O17P2. The van der Waals surface area contributed by atoms with E-state index >= 15 is 0 Å². The third-order valence-corrected chi connectivity index (χ3v) is 19.6. The number of phosphoric acid groups is 2. The van der Waals surface area contributed by atoms with Crippen molar-refractivity contribution in [2.45, 2.75) is 395 Å². The Balaban J connectivity index is 5.23. The van der Waals surface area contributed by atoms with Crippen molar-refractivity contribution in [1.29, 1.82) is 0 Å². The molecule has 0 aromatic rings. The lowest BCUT2D eigenvalue weighted by Crippen LogP contribution is -2.30. The monoisotopic (exact) mass is 1380 g/mol. The van der Waals surface area contributed by atoms with Gasteiger partial charge in [-0.25, -0.2) is 9.13 Å². The third kappa shape index (κ3) is 67.3. The maximum atomic E-state index is 13.1. The lowest BCUT2D eigenvalue weighted by molar-refractivity contribution is -0.161. The van der Waals surface area contributed by atoms with E-state index in [2.05, 4.69) is 55.4 Å². The first-order chi connectivity index (χ1) is 45.1. The van der Waals surface area contributed by atoms with Crippen LogP contribution in [0.1, 0.15) is 376 Å². The molecule has 0 spiro atoms. The van der Waals surface area contributed by atoms with Gasteiger partial charge in [-0.05, 0) is 49.4 Å². The van der Waals surface area contributed by atoms with Gasteiger partial charge in [0.05, 0.1) is 26.4 Å². The van der Waals surface area contributed by atoms with Gasteiger partial charge in [0.25, 0.3) is 0 Å². The number of rotatable bonds is 72. The predicted molar refractivity (Wildman–Crippen MR) is 381 cm³/mol. The van der Waals surface area contributed by atoms with Crippen LogP contribution in [0, 0.1) is 23.7 Å². The van der Waals surface area contributed by atoms with Gasteiger partial charge in [0, 0.05) is 25.7 Å². The van der Waals surface area contributed by atoms with Crippen molar-refractivity contribution >= 4 is 39.5 Å². The zero-order valence-corrected chi connectivity index (χ0v) is 63.4. The molecule has 0 amide bonds. The average molecular weight is 1380 g/mol. The Labute approximate surface area is 575 Å². The van der Waals surface area contributed by atoms with Gasteiger partial charge < -0.3 is 33.8 Å². The Morgan fingerprint density at radius 1 is 0.298 bits per heavy atom. The van der Waals surface area contributed by atoms with E-state index in [1.807, 2.05) is 0 Å². The highest BCUT2D eigenvalue weighted by Crippen LogP contribution is 2.45. The minimum absolute atomic E-state index is 0.103. The van der Waals surface area contributed by atoms with Crippen LogP contribution in [0.4, 0.5) is 0 Å². The first-order valence-corrected chi connectivity index (χ1v) is 41.7. The number of aliphatic hydroxyl groups excluding tert-OH is 1. The van der Waals surface area contributed by atoms with E-state index in [1.165, 1.54) is 173 Å². The van der Waals surface area contributed by atoms with Crippen molar-refractivity contribution in [1.82, 2.24) is 0 Å². The zero-order valence-electron chi connectivity index (χ0n) is 61.6. The Morgan fingerprint density at radius 2 is 0.511 bits per heavy atom. The van der Waals surface area contributed by atoms with Crippen LogP contribution in [0.3, 0.4) is 0 Å². The summed E-state index contributed by atoms with van der Waals surface area (Å²) in [4.78, 5) is 72.7. The van der Waals surface area contributed by atoms with Crippen LogP contribution in [0.15, 0.2) is 0 Å². The van der Waals surface area contributed by atoms with Gasteiger partial charge in [-0.3, -0.25) is 37.3 Å². The summed E-state index contributed by atoms with van der Waals surface area (Å²) in [6, 6.07) is 0. The van der Waals surface area contributed by atoms with E-state index in [1.54, 1.807) is 0 Å². The van der Waals surface area contributed by atoms with Gasteiger partial charge in [-0.2, -0.15) is 0 Å². The molecule has 19 heteroatoms. The number of unbranched alkanes of at least 4 members (excludes halogenated alkanes) is 37. The summed E-state index contributed by atoms with van der Waals surface area (Å²) in [6.07, 6.45) is 48.7. The number of hydrogen-bond donors (Lipinski definition) is 3. The van der Waals surface area contributed by atoms with E-state index in [-0.39, 0.29) is 25.7 Å². The molecule has 6 atom stereocenters. The third-order valence-electron chi connectivity index (χ3n) is 17.7. The highest BCUT2D eigenvalue weighted by Gasteiger charge is 2.30. The molecule has 0 heterocycles. The number of phosphoric ester groups is 2. The average Bonchev–Trinajstić information content (AvgIpc) is 1.10. The number of aliphatic hydroxyl groups is 1. The van der Waals surface area contributed by atoms with Crippen LogP contribution in [-0.4, -0.2) is 96.7 Å². The smallest absolute Gasteiger partial charge is 0.462 e. The highest BCUT2D eigenvalue weighted by atomic mass is 31.2.